The Morgan fingerprint density at radius 1 is 1.03 bits per heavy atom. The van der Waals surface area contributed by atoms with Gasteiger partial charge < -0.3 is 10.1 Å². The first kappa shape index (κ1) is 22.9. The molecule has 172 valence electrons. The van der Waals surface area contributed by atoms with Crippen molar-refractivity contribution in [1.29, 1.82) is 0 Å². The van der Waals surface area contributed by atoms with Crippen LogP contribution in [0, 0.1) is 18.6 Å². The molecule has 0 unspecified atom stereocenters. The second kappa shape index (κ2) is 9.29. The van der Waals surface area contributed by atoms with Gasteiger partial charge in [-0.25, -0.2) is 17.2 Å². The summed E-state index contributed by atoms with van der Waals surface area (Å²) >= 11 is 0. The van der Waals surface area contributed by atoms with Crippen LogP contribution >= 0.6 is 0 Å². The van der Waals surface area contributed by atoms with E-state index in [2.05, 4.69) is 5.32 Å². The molecule has 0 saturated heterocycles. The quantitative estimate of drug-likeness (QED) is 0.613. The summed E-state index contributed by atoms with van der Waals surface area (Å²) in [6, 6.07) is 14.7. The van der Waals surface area contributed by atoms with Gasteiger partial charge in [0.2, 0.25) is 10.0 Å². The first-order valence-electron chi connectivity index (χ1n) is 10.3. The molecule has 1 aliphatic rings. The lowest BCUT2D eigenvalue weighted by molar-refractivity contribution is 0.0950. The highest BCUT2D eigenvalue weighted by molar-refractivity contribution is 7.89. The van der Waals surface area contributed by atoms with E-state index < -0.39 is 26.6 Å². The number of ether oxygens (including phenoxy) is 1. The summed E-state index contributed by atoms with van der Waals surface area (Å²) in [7, 11) is -4.18. The lowest BCUT2D eigenvalue weighted by Crippen LogP contribution is -2.32. The number of hydrogen-bond donors (Lipinski definition) is 1. The summed E-state index contributed by atoms with van der Waals surface area (Å²) in [5.74, 6) is -1.82. The van der Waals surface area contributed by atoms with Crippen molar-refractivity contribution < 1.29 is 26.7 Å². The second-order valence-corrected chi connectivity index (χ2v) is 9.72. The largest absolute Gasteiger partial charge is 0.492 e. The van der Waals surface area contributed by atoms with Gasteiger partial charge in [0, 0.05) is 36.8 Å². The summed E-state index contributed by atoms with van der Waals surface area (Å²) in [5, 5.41) is 2.84. The Balaban J connectivity index is 1.54. The molecule has 1 aliphatic heterocycles. The van der Waals surface area contributed by atoms with Crippen LogP contribution in [-0.4, -0.2) is 31.8 Å². The van der Waals surface area contributed by atoms with E-state index in [1.165, 1.54) is 0 Å². The molecular formula is C24H22F2N2O4S. The van der Waals surface area contributed by atoms with E-state index in [1.54, 1.807) is 18.2 Å². The fourth-order valence-corrected chi connectivity index (χ4v) is 4.98. The van der Waals surface area contributed by atoms with Crippen molar-refractivity contribution in [2.75, 3.05) is 13.2 Å². The number of carbonyl (C=O) groups excluding carboxylic acids is 1. The molecule has 4 rings (SSSR count). The van der Waals surface area contributed by atoms with Crippen molar-refractivity contribution in [3.05, 3.63) is 94.6 Å². The molecule has 0 saturated carbocycles. The van der Waals surface area contributed by atoms with Gasteiger partial charge in [0.25, 0.3) is 5.91 Å². The summed E-state index contributed by atoms with van der Waals surface area (Å²) in [6.07, 6.45) is 0. The zero-order valence-corrected chi connectivity index (χ0v) is 18.7. The molecular weight excluding hydrogens is 450 g/mol. The molecule has 1 N–H and O–H groups in total. The summed E-state index contributed by atoms with van der Waals surface area (Å²) in [5.41, 5.74) is 2.90. The number of halogens is 2. The van der Waals surface area contributed by atoms with Crippen LogP contribution in [0.1, 0.15) is 27.0 Å². The summed E-state index contributed by atoms with van der Waals surface area (Å²) < 4.78 is 60.0. The fraction of sp³-hybridized carbons (Fsp3) is 0.208. The van der Waals surface area contributed by atoms with Crippen molar-refractivity contribution in [1.82, 2.24) is 9.62 Å². The maximum absolute atomic E-state index is 13.6. The number of sulfonamides is 1. The molecule has 0 spiro atoms. The van der Waals surface area contributed by atoms with Gasteiger partial charge >= 0.3 is 0 Å². The van der Waals surface area contributed by atoms with Gasteiger partial charge in [0.1, 0.15) is 24.0 Å². The van der Waals surface area contributed by atoms with E-state index in [0.29, 0.717) is 29.5 Å². The van der Waals surface area contributed by atoms with Crippen LogP contribution in [0.3, 0.4) is 0 Å². The molecule has 0 aliphatic carbocycles. The lowest BCUT2D eigenvalue weighted by Gasteiger charge is -2.20. The van der Waals surface area contributed by atoms with Crippen LogP contribution in [0.25, 0.3) is 0 Å². The first-order valence-corrected chi connectivity index (χ1v) is 11.7. The maximum Gasteiger partial charge on any atom is 0.251 e. The first-order chi connectivity index (χ1) is 15.7. The highest BCUT2D eigenvalue weighted by atomic mass is 32.2. The molecule has 0 aromatic heterocycles. The predicted molar refractivity (Wildman–Crippen MR) is 118 cm³/mol. The standard InChI is InChI=1S/C24H22F2N2O4S/c1-16-2-4-17(5-3-16)14-27-24(29)18-6-7-23-19(10-18)15-28(8-9-32-23)33(30,31)22-12-20(25)11-21(26)13-22/h2-7,10-13H,8-9,14-15H2,1H3,(H,27,29). The van der Waals surface area contributed by atoms with E-state index in [4.69, 9.17) is 4.74 Å². The number of fused-ring (bicyclic) bond motifs is 1. The van der Waals surface area contributed by atoms with E-state index in [9.17, 15) is 22.0 Å². The molecule has 3 aromatic rings. The number of aryl methyl sites for hydroxylation is 1. The SMILES string of the molecule is Cc1ccc(CNC(=O)c2ccc3c(c2)CN(S(=O)(=O)c2cc(F)cc(F)c2)CCO3)cc1. The van der Waals surface area contributed by atoms with Crippen molar-refractivity contribution >= 4 is 15.9 Å². The molecule has 0 fully saturated rings. The number of nitrogens with one attached hydrogen (secondary N) is 1. The van der Waals surface area contributed by atoms with Crippen molar-refractivity contribution in [2.24, 2.45) is 0 Å². The monoisotopic (exact) mass is 472 g/mol. The average molecular weight is 473 g/mol. The molecule has 0 atom stereocenters. The molecule has 1 amide bonds. The van der Waals surface area contributed by atoms with Gasteiger partial charge in [0.15, 0.2) is 0 Å². The molecule has 9 heteroatoms. The Morgan fingerprint density at radius 3 is 2.42 bits per heavy atom. The zero-order chi connectivity index (χ0) is 23.6. The van der Waals surface area contributed by atoms with Crippen molar-refractivity contribution in [2.45, 2.75) is 24.9 Å². The Hall–Kier alpha value is -3.30. The molecule has 0 bridgehead atoms. The predicted octanol–water partition coefficient (Wildman–Crippen LogP) is 3.79. The third-order valence-corrected chi connectivity index (χ3v) is 7.14. The number of amides is 1. The number of rotatable bonds is 5. The Bertz CT molecular complexity index is 1270. The summed E-state index contributed by atoms with van der Waals surface area (Å²) in [4.78, 5) is 12.2. The molecule has 3 aromatic carbocycles. The van der Waals surface area contributed by atoms with Crippen LogP contribution < -0.4 is 10.1 Å². The molecule has 0 radical (unpaired) electrons. The van der Waals surface area contributed by atoms with Crippen LogP contribution in [0.4, 0.5) is 8.78 Å². The number of nitrogens with zero attached hydrogens (tertiary/aromatic N) is 1. The average Bonchev–Trinajstić information content (AvgIpc) is 3.00. The van der Waals surface area contributed by atoms with Crippen LogP contribution in [0.2, 0.25) is 0 Å². The van der Waals surface area contributed by atoms with Gasteiger partial charge in [-0.1, -0.05) is 29.8 Å². The third-order valence-electron chi connectivity index (χ3n) is 5.32. The fourth-order valence-electron chi connectivity index (χ4n) is 3.53. The normalized spacial score (nSPS) is 14.2. The highest BCUT2D eigenvalue weighted by Crippen LogP contribution is 2.28. The highest BCUT2D eigenvalue weighted by Gasteiger charge is 2.29. The number of benzene rings is 3. The minimum Gasteiger partial charge on any atom is -0.492 e. The van der Waals surface area contributed by atoms with Gasteiger partial charge in [0.05, 0.1) is 4.90 Å². The van der Waals surface area contributed by atoms with E-state index in [1.807, 2.05) is 31.2 Å². The van der Waals surface area contributed by atoms with Crippen LogP contribution in [0.5, 0.6) is 5.75 Å². The van der Waals surface area contributed by atoms with Crippen LogP contribution in [-0.2, 0) is 23.1 Å². The third kappa shape index (κ3) is 5.20. The Labute approximate surface area is 190 Å². The summed E-state index contributed by atoms with van der Waals surface area (Å²) in [6.45, 7) is 2.27. The van der Waals surface area contributed by atoms with E-state index in [0.717, 1.165) is 27.6 Å². The topological polar surface area (TPSA) is 75.7 Å². The molecule has 6 nitrogen and oxygen atoms in total. The Kier molecular flexibility index (Phi) is 6.44. The lowest BCUT2D eigenvalue weighted by atomic mass is 10.1. The van der Waals surface area contributed by atoms with E-state index >= 15 is 0 Å². The minimum absolute atomic E-state index is 0.00982. The van der Waals surface area contributed by atoms with Gasteiger partial charge in [-0.3, -0.25) is 4.79 Å². The smallest absolute Gasteiger partial charge is 0.251 e. The number of carbonyl (C=O) groups is 1. The van der Waals surface area contributed by atoms with Crippen LogP contribution in [0.15, 0.2) is 65.6 Å². The minimum atomic E-state index is -4.18. The molecule has 33 heavy (non-hydrogen) atoms. The van der Waals surface area contributed by atoms with Crippen molar-refractivity contribution in [3.8, 4) is 5.75 Å². The van der Waals surface area contributed by atoms with Crippen molar-refractivity contribution in [3.63, 3.8) is 0 Å². The Morgan fingerprint density at radius 2 is 1.73 bits per heavy atom. The molecule has 1 heterocycles. The maximum atomic E-state index is 13.6. The van der Waals surface area contributed by atoms with E-state index in [-0.39, 0.29) is 25.6 Å². The second-order valence-electron chi connectivity index (χ2n) is 7.78. The van der Waals surface area contributed by atoms with Gasteiger partial charge in [-0.2, -0.15) is 4.31 Å². The van der Waals surface area contributed by atoms with Gasteiger partial charge in [-0.15, -0.1) is 0 Å². The number of hydrogen-bond acceptors (Lipinski definition) is 4. The van der Waals surface area contributed by atoms with Gasteiger partial charge in [-0.05, 0) is 42.8 Å². The zero-order valence-electron chi connectivity index (χ0n) is 17.8.